The molecule has 0 N–H and O–H groups in total. The SMILES string of the molecule is CCc1ccc(OCc2nnc(SCC(=O)c3c(-c4ccccc4)n(C)c4ccccc34)n2CC(C)C)cc1. The molecule has 0 unspecified atom stereocenters. The fourth-order valence-electron chi connectivity index (χ4n) is 4.86. The van der Waals surface area contributed by atoms with E-state index in [4.69, 9.17) is 4.74 Å². The van der Waals surface area contributed by atoms with Crippen molar-refractivity contribution in [1.29, 1.82) is 0 Å². The van der Waals surface area contributed by atoms with Gasteiger partial charge in [0.1, 0.15) is 12.4 Å². The van der Waals surface area contributed by atoms with Crippen molar-refractivity contribution in [1.82, 2.24) is 19.3 Å². The predicted molar refractivity (Wildman–Crippen MR) is 158 cm³/mol. The van der Waals surface area contributed by atoms with Crippen LogP contribution in [0.4, 0.5) is 0 Å². The van der Waals surface area contributed by atoms with Gasteiger partial charge >= 0.3 is 0 Å². The number of aryl methyl sites for hydroxylation is 2. The lowest BCUT2D eigenvalue weighted by molar-refractivity contribution is 0.102. The van der Waals surface area contributed by atoms with E-state index in [1.807, 2.05) is 55.6 Å². The molecule has 5 rings (SSSR count). The lowest BCUT2D eigenvalue weighted by Crippen LogP contribution is -2.13. The molecule has 3 aromatic carbocycles. The number of ketones is 1. The van der Waals surface area contributed by atoms with Gasteiger partial charge in [0.15, 0.2) is 16.8 Å². The number of carbonyl (C=O) groups excluding carboxylic acids is 1. The number of carbonyl (C=O) groups is 1. The maximum Gasteiger partial charge on any atom is 0.191 e. The third kappa shape index (κ3) is 5.78. The molecule has 0 amide bonds. The van der Waals surface area contributed by atoms with E-state index >= 15 is 0 Å². The highest BCUT2D eigenvalue weighted by molar-refractivity contribution is 7.99. The Morgan fingerprint density at radius 1 is 0.949 bits per heavy atom. The number of aromatic nitrogens is 4. The fourth-order valence-corrected chi connectivity index (χ4v) is 5.70. The third-order valence-corrected chi connectivity index (χ3v) is 7.77. The summed E-state index contributed by atoms with van der Waals surface area (Å²) in [5.74, 6) is 2.29. The van der Waals surface area contributed by atoms with Gasteiger partial charge in [0.05, 0.1) is 17.0 Å². The number of para-hydroxylation sites is 1. The van der Waals surface area contributed by atoms with E-state index in [1.54, 1.807) is 0 Å². The van der Waals surface area contributed by atoms with Crippen LogP contribution in [-0.4, -0.2) is 30.9 Å². The van der Waals surface area contributed by atoms with Crippen molar-refractivity contribution in [2.45, 2.75) is 45.5 Å². The monoisotopic (exact) mass is 538 g/mol. The second-order valence-corrected chi connectivity index (χ2v) is 11.0. The Kier molecular flexibility index (Phi) is 8.17. The molecule has 0 spiro atoms. The minimum atomic E-state index is 0.0727. The van der Waals surface area contributed by atoms with E-state index < -0.39 is 0 Å². The Morgan fingerprint density at radius 3 is 2.38 bits per heavy atom. The number of nitrogens with zero attached hydrogens (tertiary/aromatic N) is 4. The summed E-state index contributed by atoms with van der Waals surface area (Å²) in [5.41, 5.74) is 5.03. The summed E-state index contributed by atoms with van der Waals surface area (Å²) >= 11 is 1.44. The Hall–Kier alpha value is -3.84. The molecule has 7 heteroatoms. The first kappa shape index (κ1) is 26.8. The zero-order valence-corrected chi connectivity index (χ0v) is 23.7. The van der Waals surface area contributed by atoms with Gasteiger partial charge in [0.25, 0.3) is 0 Å². The minimum Gasteiger partial charge on any atom is -0.486 e. The molecule has 6 nitrogen and oxygen atoms in total. The average Bonchev–Trinajstić information content (AvgIpc) is 3.48. The molecule has 0 bridgehead atoms. The number of ether oxygens (including phenoxy) is 1. The zero-order valence-electron chi connectivity index (χ0n) is 22.9. The molecule has 2 heterocycles. The number of hydrogen-bond acceptors (Lipinski definition) is 5. The lowest BCUT2D eigenvalue weighted by atomic mass is 10.0. The highest BCUT2D eigenvalue weighted by atomic mass is 32.2. The normalized spacial score (nSPS) is 11.4. The summed E-state index contributed by atoms with van der Waals surface area (Å²) in [6.07, 6.45) is 0.994. The Labute approximate surface area is 234 Å². The first-order valence-corrected chi connectivity index (χ1v) is 14.4. The molecule has 0 aliphatic rings. The van der Waals surface area contributed by atoms with Crippen LogP contribution in [0, 0.1) is 5.92 Å². The van der Waals surface area contributed by atoms with Crippen molar-refractivity contribution in [3.63, 3.8) is 0 Å². The predicted octanol–water partition coefficient (Wildman–Crippen LogP) is 7.21. The fraction of sp³-hybridized carbons (Fsp3) is 0.281. The van der Waals surface area contributed by atoms with Crippen LogP contribution in [0.15, 0.2) is 84.0 Å². The van der Waals surface area contributed by atoms with Crippen molar-refractivity contribution in [3.8, 4) is 17.0 Å². The third-order valence-electron chi connectivity index (χ3n) is 6.81. The lowest BCUT2D eigenvalue weighted by Gasteiger charge is -2.13. The van der Waals surface area contributed by atoms with Crippen molar-refractivity contribution < 1.29 is 9.53 Å². The smallest absolute Gasteiger partial charge is 0.191 e. The van der Waals surface area contributed by atoms with E-state index in [0.29, 0.717) is 12.5 Å². The first-order chi connectivity index (χ1) is 19.0. The number of thioether (sulfide) groups is 1. The summed E-state index contributed by atoms with van der Waals surface area (Å²) in [6, 6.07) is 26.4. The Morgan fingerprint density at radius 2 is 1.67 bits per heavy atom. The van der Waals surface area contributed by atoms with E-state index in [1.165, 1.54) is 17.3 Å². The summed E-state index contributed by atoms with van der Waals surface area (Å²) in [4.78, 5) is 13.8. The van der Waals surface area contributed by atoms with Crippen LogP contribution >= 0.6 is 11.8 Å². The van der Waals surface area contributed by atoms with Gasteiger partial charge in [-0.15, -0.1) is 10.2 Å². The van der Waals surface area contributed by atoms with Crippen LogP contribution in [-0.2, 0) is 26.6 Å². The molecule has 39 heavy (non-hydrogen) atoms. The van der Waals surface area contributed by atoms with E-state index in [2.05, 4.69) is 70.4 Å². The van der Waals surface area contributed by atoms with Gasteiger partial charge in [-0.3, -0.25) is 4.79 Å². The van der Waals surface area contributed by atoms with Gasteiger partial charge in [-0.25, -0.2) is 0 Å². The van der Waals surface area contributed by atoms with E-state index in [-0.39, 0.29) is 11.5 Å². The second-order valence-electron chi connectivity index (χ2n) is 10.1. The van der Waals surface area contributed by atoms with E-state index in [0.717, 1.165) is 57.4 Å². The summed E-state index contributed by atoms with van der Waals surface area (Å²) in [5, 5.41) is 10.6. The second kappa shape index (κ2) is 11.9. The average molecular weight is 539 g/mol. The van der Waals surface area contributed by atoms with Crippen molar-refractivity contribution in [2.24, 2.45) is 13.0 Å². The molecule has 0 fully saturated rings. The molecular formula is C32H34N4O2S. The van der Waals surface area contributed by atoms with Crippen LogP contribution in [0.1, 0.15) is 42.5 Å². The molecule has 2 aromatic heterocycles. The summed E-state index contributed by atoms with van der Waals surface area (Å²) in [7, 11) is 2.02. The van der Waals surface area contributed by atoms with Crippen molar-refractivity contribution in [3.05, 3.63) is 95.8 Å². The zero-order chi connectivity index (χ0) is 27.4. The number of benzene rings is 3. The first-order valence-electron chi connectivity index (χ1n) is 13.4. The van der Waals surface area contributed by atoms with Gasteiger partial charge in [-0.05, 0) is 41.7 Å². The molecule has 0 saturated heterocycles. The van der Waals surface area contributed by atoms with Gasteiger partial charge in [-0.2, -0.15) is 0 Å². The van der Waals surface area contributed by atoms with Gasteiger partial charge in [-0.1, -0.05) is 93.2 Å². The minimum absolute atomic E-state index is 0.0727. The van der Waals surface area contributed by atoms with E-state index in [9.17, 15) is 4.79 Å². The number of hydrogen-bond donors (Lipinski definition) is 0. The molecular weight excluding hydrogens is 504 g/mol. The molecule has 5 aromatic rings. The highest BCUT2D eigenvalue weighted by Gasteiger charge is 2.23. The van der Waals surface area contributed by atoms with Crippen LogP contribution in [0.25, 0.3) is 22.2 Å². The largest absolute Gasteiger partial charge is 0.486 e. The maximum atomic E-state index is 13.8. The van der Waals surface area contributed by atoms with Crippen LogP contribution < -0.4 is 4.74 Å². The standard InChI is InChI=1S/C32H34N4O2S/c1-5-23-15-17-25(18-16-23)38-20-29-33-34-32(36(29)19-22(2)3)39-21-28(37)30-26-13-9-10-14-27(26)35(4)31(30)24-11-7-6-8-12-24/h6-18,22H,5,19-21H2,1-4H3. The quantitative estimate of drug-likeness (QED) is 0.131. The number of rotatable bonds is 11. The highest BCUT2D eigenvalue weighted by Crippen LogP contribution is 2.34. The van der Waals surface area contributed by atoms with Crippen molar-refractivity contribution >= 4 is 28.4 Å². The molecule has 0 aliphatic heterocycles. The van der Waals surface area contributed by atoms with Crippen LogP contribution in [0.3, 0.4) is 0 Å². The van der Waals surface area contributed by atoms with Gasteiger partial charge < -0.3 is 13.9 Å². The number of fused-ring (bicyclic) bond motifs is 1. The molecule has 0 saturated carbocycles. The number of Topliss-reactive ketones (excluding diaryl/α,β-unsaturated/α-hetero) is 1. The maximum absolute atomic E-state index is 13.8. The Balaban J connectivity index is 1.39. The summed E-state index contributed by atoms with van der Waals surface area (Å²) < 4.78 is 10.2. The Bertz CT molecular complexity index is 1570. The summed E-state index contributed by atoms with van der Waals surface area (Å²) in [6.45, 7) is 7.53. The van der Waals surface area contributed by atoms with Gasteiger partial charge in [0.2, 0.25) is 0 Å². The topological polar surface area (TPSA) is 61.9 Å². The molecule has 200 valence electrons. The molecule has 0 atom stereocenters. The molecule has 0 aliphatic carbocycles. The van der Waals surface area contributed by atoms with Crippen molar-refractivity contribution in [2.75, 3.05) is 5.75 Å². The van der Waals surface area contributed by atoms with Gasteiger partial charge in [0, 0.05) is 24.5 Å². The molecule has 0 radical (unpaired) electrons. The van der Waals surface area contributed by atoms with Crippen LogP contribution in [0.2, 0.25) is 0 Å². The van der Waals surface area contributed by atoms with Crippen LogP contribution in [0.5, 0.6) is 5.75 Å².